The monoisotopic (exact) mass is 363 g/mol. The maximum atomic E-state index is 12.8. The van der Waals surface area contributed by atoms with E-state index in [-0.39, 0.29) is 36.5 Å². The van der Waals surface area contributed by atoms with Crippen LogP contribution in [-0.4, -0.2) is 74.2 Å². The minimum Gasteiger partial charge on any atom is -0.476 e. The molecule has 9 heteroatoms. The minimum atomic E-state index is -1.09. The van der Waals surface area contributed by atoms with Gasteiger partial charge < -0.3 is 15.3 Å². The van der Waals surface area contributed by atoms with Gasteiger partial charge in [-0.3, -0.25) is 19.2 Å². The maximum absolute atomic E-state index is 12.8. The molecular weight excluding hydrogens is 338 g/mol. The summed E-state index contributed by atoms with van der Waals surface area (Å²) >= 11 is 0. The van der Waals surface area contributed by atoms with Crippen molar-refractivity contribution in [2.24, 2.45) is 7.05 Å². The van der Waals surface area contributed by atoms with Crippen molar-refractivity contribution in [3.63, 3.8) is 0 Å². The highest BCUT2D eigenvalue weighted by Crippen LogP contribution is 2.24. The first-order valence-electron chi connectivity index (χ1n) is 8.88. The maximum Gasteiger partial charge on any atom is 0.356 e. The van der Waals surface area contributed by atoms with Crippen molar-refractivity contribution >= 4 is 17.8 Å². The Morgan fingerprint density at radius 3 is 2.73 bits per heavy atom. The lowest BCUT2D eigenvalue weighted by atomic mass is 10.0. The van der Waals surface area contributed by atoms with Gasteiger partial charge in [-0.15, -0.1) is 0 Å². The summed E-state index contributed by atoms with van der Waals surface area (Å²) in [6.07, 6.45) is 0.657. The van der Waals surface area contributed by atoms with Crippen molar-refractivity contribution in [3.8, 4) is 0 Å². The van der Waals surface area contributed by atoms with Crippen LogP contribution in [0.3, 0.4) is 0 Å². The van der Waals surface area contributed by atoms with Gasteiger partial charge in [-0.25, -0.2) is 4.79 Å². The Morgan fingerprint density at radius 2 is 2.08 bits per heavy atom. The summed E-state index contributed by atoms with van der Waals surface area (Å²) < 4.78 is 1.58. The van der Waals surface area contributed by atoms with Crippen LogP contribution in [0, 0.1) is 0 Å². The average molecular weight is 363 g/mol. The molecule has 0 radical (unpaired) electrons. The number of nitrogens with one attached hydrogen (secondary N) is 1. The molecule has 3 rings (SSSR count). The minimum absolute atomic E-state index is 0.000726. The molecule has 26 heavy (non-hydrogen) atoms. The predicted molar refractivity (Wildman–Crippen MR) is 92.5 cm³/mol. The van der Waals surface area contributed by atoms with Crippen molar-refractivity contribution in [1.29, 1.82) is 0 Å². The normalized spacial score (nSPS) is 20.8. The van der Waals surface area contributed by atoms with Gasteiger partial charge in [0.25, 0.3) is 0 Å². The number of amides is 2. The van der Waals surface area contributed by atoms with E-state index in [2.05, 4.69) is 10.4 Å². The number of rotatable bonds is 4. The van der Waals surface area contributed by atoms with Crippen LogP contribution in [0.5, 0.6) is 0 Å². The zero-order chi connectivity index (χ0) is 19.0. The van der Waals surface area contributed by atoms with Crippen LogP contribution in [0.4, 0.5) is 0 Å². The van der Waals surface area contributed by atoms with Gasteiger partial charge >= 0.3 is 5.97 Å². The van der Waals surface area contributed by atoms with E-state index >= 15 is 0 Å². The van der Waals surface area contributed by atoms with Gasteiger partial charge in [0.15, 0.2) is 5.69 Å². The zero-order valence-electron chi connectivity index (χ0n) is 15.4. The van der Waals surface area contributed by atoms with E-state index in [0.717, 1.165) is 12.2 Å². The molecule has 0 unspecified atom stereocenters. The van der Waals surface area contributed by atoms with E-state index in [1.165, 1.54) is 0 Å². The number of fused-ring (bicyclic) bond motifs is 1. The SMILES string of the molecule is CC(C)N1CCNC(=O)[C@H]1CC(=O)N1CCc2c(c(C(=O)O)nn2C)C1. The number of hydrogen-bond acceptors (Lipinski definition) is 5. The number of nitrogens with zero attached hydrogens (tertiary/aromatic N) is 4. The molecule has 1 saturated heterocycles. The highest BCUT2D eigenvalue weighted by atomic mass is 16.4. The average Bonchev–Trinajstić information content (AvgIpc) is 2.93. The number of carbonyl (C=O) groups is 3. The lowest BCUT2D eigenvalue weighted by molar-refractivity contribution is -0.140. The molecule has 0 aromatic carbocycles. The number of aromatic nitrogens is 2. The third-order valence-corrected chi connectivity index (χ3v) is 5.20. The van der Waals surface area contributed by atoms with Crippen LogP contribution in [0.2, 0.25) is 0 Å². The van der Waals surface area contributed by atoms with Crippen LogP contribution in [0.15, 0.2) is 0 Å². The van der Waals surface area contributed by atoms with Gasteiger partial charge in [0, 0.05) is 56.9 Å². The van der Waals surface area contributed by atoms with Gasteiger partial charge in [0.2, 0.25) is 11.8 Å². The van der Waals surface area contributed by atoms with E-state index in [1.807, 2.05) is 18.7 Å². The highest BCUT2D eigenvalue weighted by Gasteiger charge is 2.36. The molecule has 0 spiro atoms. The molecule has 2 N–H and O–H groups in total. The van der Waals surface area contributed by atoms with Gasteiger partial charge in [0.1, 0.15) is 0 Å². The Balaban J connectivity index is 1.75. The largest absolute Gasteiger partial charge is 0.476 e. The number of hydrogen-bond donors (Lipinski definition) is 2. The Bertz CT molecular complexity index is 742. The van der Waals surface area contributed by atoms with Crippen LogP contribution < -0.4 is 5.32 Å². The van der Waals surface area contributed by atoms with Crippen molar-refractivity contribution in [2.45, 2.75) is 45.3 Å². The highest BCUT2D eigenvalue weighted by molar-refractivity contribution is 5.90. The Morgan fingerprint density at radius 1 is 1.35 bits per heavy atom. The summed E-state index contributed by atoms with van der Waals surface area (Å²) in [5.74, 6) is -1.35. The lowest BCUT2D eigenvalue weighted by Gasteiger charge is -2.38. The quantitative estimate of drug-likeness (QED) is 0.754. The first kappa shape index (κ1) is 18.4. The third kappa shape index (κ3) is 3.31. The van der Waals surface area contributed by atoms with Gasteiger partial charge in [-0.05, 0) is 13.8 Å². The first-order chi connectivity index (χ1) is 12.3. The predicted octanol–water partition coefficient (Wildman–Crippen LogP) is -0.398. The van der Waals surface area contributed by atoms with Gasteiger partial charge in [-0.2, -0.15) is 5.10 Å². The fourth-order valence-corrected chi connectivity index (χ4v) is 3.83. The molecule has 3 heterocycles. The molecule has 0 aliphatic carbocycles. The summed E-state index contributed by atoms with van der Waals surface area (Å²) in [5.41, 5.74) is 1.44. The van der Waals surface area contributed by atoms with Crippen molar-refractivity contribution in [1.82, 2.24) is 24.9 Å². The second kappa shape index (κ2) is 7.06. The van der Waals surface area contributed by atoms with E-state index in [0.29, 0.717) is 25.1 Å². The summed E-state index contributed by atoms with van der Waals surface area (Å²) in [7, 11) is 1.72. The van der Waals surface area contributed by atoms with Gasteiger partial charge in [-0.1, -0.05) is 0 Å². The smallest absolute Gasteiger partial charge is 0.356 e. The molecule has 2 amide bonds. The van der Waals surface area contributed by atoms with Crippen LogP contribution in [0.1, 0.15) is 42.0 Å². The van der Waals surface area contributed by atoms with Gasteiger partial charge in [0.05, 0.1) is 12.5 Å². The van der Waals surface area contributed by atoms with Crippen LogP contribution in [-0.2, 0) is 29.6 Å². The molecule has 2 aliphatic rings. The zero-order valence-corrected chi connectivity index (χ0v) is 15.4. The lowest BCUT2D eigenvalue weighted by Crippen LogP contribution is -2.58. The third-order valence-electron chi connectivity index (χ3n) is 5.20. The molecule has 2 aliphatic heterocycles. The van der Waals surface area contributed by atoms with Crippen molar-refractivity contribution < 1.29 is 19.5 Å². The van der Waals surface area contributed by atoms with E-state index in [4.69, 9.17) is 0 Å². The summed E-state index contributed by atoms with van der Waals surface area (Å²) in [6, 6.07) is -0.311. The molecule has 1 fully saturated rings. The molecule has 142 valence electrons. The second-order valence-electron chi connectivity index (χ2n) is 7.11. The molecule has 1 aromatic rings. The number of carboxylic acid groups (broad SMARTS) is 1. The van der Waals surface area contributed by atoms with Crippen LogP contribution in [0.25, 0.3) is 0 Å². The van der Waals surface area contributed by atoms with Crippen molar-refractivity contribution in [2.75, 3.05) is 19.6 Å². The number of carboxylic acids is 1. The van der Waals surface area contributed by atoms with Crippen molar-refractivity contribution in [3.05, 3.63) is 17.0 Å². The number of carbonyl (C=O) groups excluding carboxylic acids is 2. The Labute approximate surface area is 151 Å². The fourth-order valence-electron chi connectivity index (χ4n) is 3.83. The van der Waals surface area contributed by atoms with E-state index < -0.39 is 12.0 Å². The molecule has 0 saturated carbocycles. The number of aryl methyl sites for hydroxylation is 1. The summed E-state index contributed by atoms with van der Waals surface area (Å²) in [4.78, 5) is 40.2. The number of piperazine rings is 1. The second-order valence-corrected chi connectivity index (χ2v) is 7.11. The van der Waals surface area contributed by atoms with E-state index in [1.54, 1.807) is 16.6 Å². The summed E-state index contributed by atoms with van der Waals surface area (Å²) in [6.45, 7) is 6.06. The topological polar surface area (TPSA) is 108 Å². The fraction of sp³-hybridized carbons (Fsp3) is 0.647. The number of aromatic carboxylic acids is 1. The van der Waals surface area contributed by atoms with E-state index in [9.17, 15) is 19.5 Å². The molecular formula is C17H25N5O4. The Hall–Kier alpha value is -2.42. The standard InChI is InChI=1S/C17H25N5O4/c1-10(2)22-7-5-18-16(24)13(22)8-14(23)21-6-4-12-11(9-21)15(17(25)26)19-20(12)3/h10,13H,4-9H2,1-3H3,(H,18,24)(H,25,26)/t13-/m1/s1. The molecule has 0 bridgehead atoms. The summed E-state index contributed by atoms with van der Waals surface area (Å²) in [5, 5.41) is 16.2. The molecule has 1 aromatic heterocycles. The molecule has 1 atom stereocenters. The Kier molecular flexibility index (Phi) is 4.99. The van der Waals surface area contributed by atoms with Crippen LogP contribution >= 0.6 is 0 Å². The molecule has 9 nitrogen and oxygen atoms in total. The first-order valence-corrected chi connectivity index (χ1v) is 8.88.